The number of fused-ring (bicyclic) bond motifs is 1. The van der Waals surface area contributed by atoms with Crippen molar-refractivity contribution in [2.24, 2.45) is 0 Å². The number of anilines is 2. The Hall–Kier alpha value is -3.55. The highest BCUT2D eigenvalue weighted by atomic mass is 16.5. The lowest BCUT2D eigenvalue weighted by atomic mass is 10.2. The summed E-state index contributed by atoms with van der Waals surface area (Å²) in [6, 6.07) is 14.5. The van der Waals surface area contributed by atoms with E-state index in [1.54, 1.807) is 24.1 Å². The fraction of sp³-hybridized carbons (Fsp3) is 0.375. The van der Waals surface area contributed by atoms with E-state index in [0.29, 0.717) is 29.6 Å². The number of rotatable bonds is 7. The maximum absolute atomic E-state index is 13.4. The van der Waals surface area contributed by atoms with E-state index in [9.17, 15) is 4.79 Å². The van der Waals surface area contributed by atoms with Crippen LogP contribution >= 0.6 is 0 Å². The van der Waals surface area contributed by atoms with Gasteiger partial charge in [0.2, 0.25) is 0 Å². The lowest BCUT2D eigenvalue weighted by Crippen LogP contribution is -2.35. The number of hydrogen-bond acceptors (Lipinski definition) is 5. The van der Waals surface area contributed by atoms with E-state index in [0.717, 1.165) is 37.4 Å². The predicted octanol–water partition coefficient (Wildman–Crippen LogP) is 4.65. The number of ether oxygens (including phenoxy) is 2. The molecule has 1 aliphatic heterocycles. The highest BCUT2D eigenvalue weighted by Crippen LogP contribution is 2.30. The number of nitrogens with one attached hydrogen (secondary N) is 1. The van der Waals surface area contributed by atoms with Crippen LogP contribution in [-0.4, -0.2) is 34.5 Å². The minimum atomic E-state index is -0.285. The molecule has 0 bridgehead atoms. The number of para-hydroxylation sites is 2. The number of carbonyl (C=O) groups is 1. The Morgan fingerprint density at radius 1 is 1.12 bits per heavy atom. The summed E-state index contributed by atoms with van der Waals surface area (Å²) in [4.78, 5) is 19.8. The van der Waals surface area contributed by atoms with Crippen LogP contribution in [0.5, 0.6) is 11.5 Å². The van der Waals surface area contributed by atoms with Crippen LogP contribution < -0.4 is 19.7 Å². The highest BCUT2D eigenvalue weighted by Gasteiger charge is 2.23. The fourth-order valence-electron chi connectivity index (χ4n) is 3.81. The van der Waals surface area contributed by atoms with Crippen molar-refractivity contribution in [3.8, 4) is 11.5 Å². The minimum Gasteiger partial charge on any atom is -0.497 e. The Balaban J connectivity index is 1.62. The first kappa shape index (κ1) is 21.7. The molecule has 2 aromatic carbocycles. The summed E-state index contributed by atoms with van der Waals surface area (Å²) < 4.78 is 13.0. The van der Waals surface area contributed by atoms with Gasteiger partial charge in [-0.05, 0) is 56.2 Å². The zero-order valence-electron chi connectivity index (χ0n) is 18.6. The molecule has 0 spiro atoms. The molecule has 1 aromatic heterocycles. The second-order valence-corrected chi connectivity index (χ2v) is 7.62. The molecule has 8 heteroatoms. The third-order valence-corrected chi connectivity index (χ3v) is 5.40. The Morgan fingerprint density at radius 3 is 2.72 bits per heavy atom. The topological polar surface area (TPSA) is 81.5 Å². The van der Waals surface area contributed by atoms with Gasteiger partial charge in [-0.1, -0.05) is 18.6 Å². The molecule has 168 valence electrons. The number of aromatic nitrogens is 3. The molecule has 4 rings (SSSR count). The van der Waals surface area contributed by atoms with Crippen molar-refractivity contribution in [1.29, 1.82) is 0 Å². The molecular formula is C24H29N5O3. The summed E-state index contributed by atoms with van der Waals surface area (Å²) in [6.45, 7) is 3.54. The standard InChI is InChI=1S/C24H29N5O3/c1-3-32-21-10-7-6-9-20(21)28(24(30)25-18-12-14-19(31-2)15-13-18)17-22-26-23-11-5-4-8-16-29(23)27-22/h6-7,9-10,12-15H,3-5,8,11,16-17H2,1-2H3,(H,25,30). The number of benzene rings is 2. The first-order valence-corrected chi connectivity index (χ1v) is 11.0. The van der Waals surface area contributed by atoms with Gasteiger partial charge >= 0.3 is 6.03 Å². The maximum Gasteiger partial charge on any atom is 0.326 e. The van der Waals surface area contributed by atoms with Crippen molar-refractivity contribution < 1.29 is 14.3 Å². The first-order valence-electron chi connectivity index (χ1n) is 11.0. The van der Waals surface area contributed by atoms with Gasteiger partial charge in [0.05, 0.1) is 25.9 Å². The van der Waals surface area contributed by atoms with E-state index >= 15 is 0 Å². The summed E-state index contributed by atoms with van der Waals surface area (Å²) in [7, 11) is 1.61. The van der Waals surface area contributed by atoms with Crippen LogP contribution in [-0.2, 0) is 19.5 Å². The van der Waals surface area contributed by atoms with Crippen molar-refractivity contribution in [3.05, 3.63) is 60.2 Å². The number of methoxy groups -OCH3 is 1. The van der Waals surface area contributed by atoms with Gasteiger partial charge in [-0.25, -0.2) is 14.5 Å². The second kappa shape index (κ2) is 10.2. The van der Waals surface area contributed by atoms with Crippen LogP contribution in [0, 0.1) is 0 Å². The van der Waals surface area contributed by atoms with Gasteiger partial charge in [0.1, 0.15) is 17.3 Å². The summed E-state index contributed by atoms with van der Waals surface area (Å²) in [6.07, 6.45) is 4.33. The number of amides is 2. The minimum absolute atomic E-state index is 0.242. The van der Waals surface area contributed by atoms with Gasteiger partial charge in [0.15, 0.2) is 5.82 Å². The molecule has 0 saturated carbocycles. The van der Waals surface area contributed by atoms with Crippen LogP contribution in [0.15, 0.2) is 48.5 Å². The maximum atomic E-state index is 13.4. The summed E-state index contributed by atoms with van der Waals surface area (Å²) in [5, 5.41) is 7.66. The van der Waals surface area contributed by atoms with E-state index < -0.39 is 0 Å². The number of hydrogen-bond donors (Lipinski definition) is 1. The van der Waals surface area contributed by atoms with Gasteiger partial charge in [0.25, 0.3) is 0 Å². The molecular weight excluding hydrogens is 406 g/mol. The number of carbonyl (C=O) groups excluding carboxylic acids is 1. The second-order valence-electron chi connectivity index (χ2n) is 7.62. The SMILES string of the molecule is CCOc1ccccc1N(Cc1nc2n(n1)CCCCC2)C(=O)Nc1ccc(OC)cc1. The molecule has 3 aromatic rings. The number of aryl methyl sites for hydroxylation is 2. The summed E-state index contributed by atoms with van der Waals surface area (Å²) >= 11 is 0. The largest absolute Gasteiger partial charge is 0.497 e. The van der Waals surface area contributed by atoms with Crippen LogP contribution in [0.4, 0.5) is 16.2 Å². The van der Waals surface area contributed by atoms with Gasteiger partial charge in [0, 0.05) is 18.7 Å². The number of nitrogens with zero attached hydrogens (tertiary/aromatic N) is 4. The lowest BCUT2D eigenvalue weighted by molar-refractivity contribution is 0.256. The van der Waals surface area contributed by atoms with Crippen LogP contribution in [0.3, 0.4) is 0 Å². The van der Waals surface area contributed by atoms with E-state index in [1.807, 2.05) is 48.0 Å². The molecule has 32 heavy (non-hydrogen) atoms. The Morgan fingerprint density at radius 2 is 1.94 bits per heavy atom. The zero-order valence-corrected chi connectivity index (χ0v) is 18.6. The monoisotopic (exact) mass is 435 g/mol. The molecule has 0 saturated heterocycles. The molecule has 2 heterocycles. The smallest absolute Gasteiger partial charge is 0.326 e. The molecule has 1 aliphatic rings. The summed E-state index contributed by atoms with van der Waals surface area (Å²) in [5.74, 6) is 2.98. The molecule has 2 amide bonds. The average molecular weight is 436 g/mol. The van der Waals surface area contributed by atoms with E-state index in [2.05, 4.69) is 5.32 Å². The molecule has 0 atom stereocenters. The van der Waals surface area contributed by atoms with Crippen molar-refractivity contribution in [3.63, 3.8) is 0 Å². The van der Waals surface area contributed by atoms with Crippen molar-refractivity contribution in [2.45, 2.75) is 45.7 Å². The van der Waals surface area contributed by atoms with Gasteiger partial charge in [-0.2, -0.15) is 5.10 Å². The van der Waals surface area contributed by atoms with E-state index in [1.165, 1.54) is 6.42 Å². The zero-order chi connectivity index (χ0) is 22.3. The Bertz CT molecular complexity index is 1020. The van der Waals surface area contributed by atoms with E-state index in [4.69, 9.17) is 19.6 Å². The quantitative estimate of drug-likeness (QED) is 0.584. The fourth-order valence-corrected chi connectivity index (χ4v) is 3.81. The van der Waals surface area contributed by atoms with Crippen molar-refractivity contribution >= 4 is 17.4 Å². The van der Waals surface area contributed by atoms with Crippen LogP contribution in [0.2, 0.25) is 0 Å². The molecule has 0 aliphatic carbocycles. The first-order chi connectivity index (χ1) is 15.7. The van der Waals surface area contributed by atoms with Crippen LogP contribution in [0.1, 0.15) is 37.8 Å². The molecule has 1 N–H and O–H groups in total. The molecule has 0 radical (unpaired) electrons. The third kappa shape index (κ3) is 5.01. The van der Waals surface area contributed by atoms with Crippen LogP contribution in [0.25, 0.3) is 0 Å². The lowest BCUT2D eigenvalue weighted by Gasteiger charge is -2.24. The van der Waals surface area contributed by atoms with Gasteiger partial charge in [-0.15, -0.1) is 0 Å². The third-order valence-electron chi connectivity index (χ3n) is 5.40. The summed E-state index contributed by atoms with van der Waals surface area (Å²) in [5.41, 5.74) is 1.34. The highest BCUT2D eigenvalue weighted by molar-refractivity contribution is 6.02. The van der Waals surface area contributed by atoms with Crippen molar-refractivity contribution in [1.82, 2.24) is 14.8 Å². The average Bonchev–Trinajstić information content (AvgIpc) is 3.07. The Labute approximate surface area is 188 Å². The Kier molecular flexibility index (Phi) is 6.89. The van der Waals surface area contributed by atoms with Gasteiger partial charge in [-0.3, -0.25) is 4.90 Å². The normalized spacial score (nSPS) is 13.1. The molecule has 0 fully saturated rings. The van der Waals surface area contributed by atoms with E-state index in [-0.39, 0.29) is 12.6 Å². The number of urea groups is 1. The van der Waals surface area contributed by atoms with Gasteiger partial charge < -0.3 is 14.8 Å². The van der Waals surface area contributed by atoms with Crippen molar-refractivity contribution in [2.75, 3.05) is 23.9 Å². The molecule has 8 nitrogen and oxygen atoms in total. The molecule has 0 unspecified atom stereocenters. The predicted molar refractivity (Wildman–Crippen MR) is 123 cm³/mol.